The summed E-state index contributed by atoms with van der Waals surface area (Å²) in [5, 5.41) is 6.81. The molecule has 0 bridgehead atoms. The maximum absolute atomic E-state index is 5.56. The number of halogens is 1. The number of morpholine rings is 1. The van der Waals surface area contributed by atoms with Crippen molar-refractivity contribution in [2.75, 3.05) is 67.3 Å². The van der Waals surface area contributed by atoms with Gasteiger partial charge in [-0.3, -0.25) is 9.89 Å². The SMILES string of the molecule is CCNC(=NCC(C(C)C)N1CCOCC1)NCCc1c(OC)cc(OC)cc1OC.I. The van der Waals surface area contributed by atoms with E-state index in [1.165, 1.54) is 0 Å². The summed E-state index contributed by atoms with van der Waals surface area (Å²) in [5.74, 6) is 3.58. The standard InChI is InChI=1S/C23H40N4O4.HI/c1-7-24-23(26-16-20(17(2)3)27-10-12-31-13-11-27)25-9-8-19-21(29-5)14-18(28-4)15-22(19)30-6;/h14-15,17,20H,7-13,16H2,1-6H3,(H2,24,25,26);1H. The van der Waals surface area contributed by atoms with Crippen LogP contribution in [0.5, 0.6) is 17.2 Å². The fourth-order valence-corrected chi connectivity index (χ4v) is 3.81. The highest BCUT2D eigenvalue weighted by Crippen LogP contribution is 2.34. The van der Waals surface area contributed by atoms with Crippen molar-refractivity contribution in [1.29, 1.82) is 0 Å². The number of aliphatic imine (C=N–C) groups is 1. The summed E-state index contributed by atoms with van der Waals surface area (Å²) in [6.45, 7) is 12.4. The fourth-order valence-electron chi connectivity index (χ4n) is 3.81. The van der Waals surface area contributed by atoms with Gasteiger partial charge in [-0.15, -0.1) is 24.0 Å². The van der Waals surface area contributed by atoms with E-state index in [4.69, 9.17) is 23.9 Å². The quantitative estimate of drug-likeness (QED) is 0.243. The third-order valence-electron chi connectivity index (χ3n) is 5.55. The molecule has 1 aromatic carbocycles. The van der Waals surface area contributed by atoms with Crippen LogP contribution in [0.15, 0.2) is 17.1 Å². The first-order chi connectivity index (χ1) is 15.0. The molecule has 1 heterocycles. The van der Waals surface area contributed by atoms with Crippen molar-refractivity contribution in [2.45, 2.75) is 33.2 Å². The van der Waals surface area contributed by atoms with Crippen LogP contribution in [-0.2, 0) is 11.2 Å². The number of nitrogens with one attached hydrogen (secondary N) is 2. The van der Waals surface area contributed by atoms with Crippen LogP contribution in [-0.4, -0.2) is 84.2 Å². The summed E-state index contributed by atoms with van der Waals surface area (Å²) in [6.07, 6.45) is 0.734. The molecule has 0 amide bonds. The van der Waals surface area contributed by atoms with Crippen molar-refractivity contribution in [1.82, 2.24) is 15.5 Å². The number of benzene rings is 1. The van der Waals surface area contributed by atoms with Crippen molar-refractivity contribution in [3.8, 4) is 17.2 Å². The minimum Gasteiger partial charge on any atom is -0.496 e. The molecular formula is C23H41IN4O4. The molecule has 0 aliphatic carbocycles. The number of hydrogen-bond acceptors (Lipinski definition) is 6. The van der Waals surface area contributed by atoms with Gasteiger partial charge in [-0.05, 0) is 19.3 Å². The van der Waals surface area contributed by atoms with Gasteiger partial charge in [-0.1, -0.05) is 13.8 Å². The lowest BCUT2D eigenvalue weighted by atomic mass is 10.0. The lowest BCUT2D eigenvalue weighted by molar-refractivity contribution is 0.00867. The van der Waals surface area contributed by atoms with E-state index in [2.05, 4.69) is 36.3 Å². The highest BCUT2D eigenvalue weighted by atomic mass is 127. The van der Waals surface area contributed by atoms with Crippen LogP contribution < -0.4 is 24.8 Å². The van der Waals surface area contributed by atoms with Crippen molar-refractivity contribution in [3.63, 3.8) is 0 Å². The van der Waals surface area contributed by atoms with Gasteiger partial charge in [0.2, 0.25) is 0 Å². The Morgan fingerprint density at radius 3 is 2.19 bits per heavy atom. The lowest BCUT2D eigenvalue weighted by Crippen LogP contribution is -2.48. The molecule has 1 aliphatic rings. The third kappa shape index (κ3) is 8.47. The molecule has 0 radical (unpaired) electrons. The topological polar surface area (TPSA) is 76.6 Å². The first-order valence-electron chi connectivity index (χ1n) is 11.2. The minimum absolute atomic E-state index is 0. The monoisotopic (exact) mass is 564 g/mol. The minimum atomic E-state index is 0. The molecule has 1 saturated heterocycles. The number of hydrogen-bond donors (Lipinski definition) is 2. The van der Waals surface area contributed by atoms with Crippen LogP contribution in [0.1, 0.15) is 26.3 Å². The Morgan fingerprint density at radius 2 is 1.69 bits per heavy atom. The van der Waals surface area contributed by atoms with Gasteiger partial charge >= 0.3 is 0 Å². The van der Waals surface area contributed by atoms with E-state index in [1.807, 2.05) is 12.1 Å². The summed E-state index contributed by atoms with van der Waals surface area (Å²) < 4.78 is 22.0. The number of methoxy groups -OCH3 is 3. The van der Waals surface area contributed by atoms with Gasteiger partial charge in [0.05, 0.1) is 41.1 Å². The molecule has 8 nitrogen and oxygen atoms in total. The number of ether oxygens (including phenoxy) is 4. The third-order valence-corrected chi connectivity index (χ3v) is 5.55. The van der Waals surface area contributed by atoms with Crippen LogP contribution in [0.25, 0.3) is 0 Å². The van der Waals surface area contributed by atoms with Gasteiger partial charge in [0.15, 0.2) is 5.96 Å². The molecule has 0 spiro atoms. The van der Waals surface area contributed by atoms with Gasteiger partial charge in [-0.25, -0.2) is 0 Å². The Bertz CT molecular complexity index is 672. The Balaban J connectivity index is 0.00000512. The van der Waals surface area contributed by atoms with E-state index in [1.54, 1.807) is 21.3 Å². The molecule has 1 unspecified atom stereocenters. The fraction of sp³-hybridized carbons (Fsp3) is 0.696. The Morgan fingerprint density at radius 1 is 1.06 bits per heavy atom. The Labute approximate surface area is 210 Å². The number of rotatable bonds is 11. The van der Waals surface area contributed by atoms with E-state index in [0.717, 1.165) is 68.8 Å². The second kappa shape index (κ2) is 15.4. The van der Waals surface area contributed by atoms with Gasteiger partial charge in [0, 0.05) is 49.9 Å². The molecule has 9 heteroatoms. The number of nitrogens with zero attached hydrogens (tertiary/aromatic N) is 2. The molecule has 32 heavy (non-hydrogen) atoms. The summed E-state index contributed by atoms with van der Waals surface area (Å²) in [4.78, 5) is 7.38. The highest BCUT2D eigenvalue weighted by Gasteiger charge is 2.23. The second-order valence-corrected chi connectivity index (χ2v) is 7.87. The molecule has 1 aliphatic heterocycles. The summed E-state index contributed by atoms with van der Waals surface area (Å²) in [5.41, 5.74) is 1.00. The molecule has 2 N–H and O–H groups in total. The van der Waals surface area contributed by atoms with E-state index in [0.29, 0.717) is 24.3 Å². The largest absolute Gasteiger partial charge is 0.496 e. The zero-order chi connectivity index (χ0) is 22.6. The van der Waals surface area contributed by atoms with E-state index in [-0.39, 0.29) is 24.0 Å². The first-order valence-corrected chi connectivity index (χ1v) is 11.2. The van der Waals surface area contributed by atoms with Gasteiger partial charge in [0.25, 0.3) is 0 Å². The molecule has 0 aromatic heterocycles. The Kier molecular flexibility index (Phi) is 13.7. The smallest absolute Gasteiger partial charge is 0.191 e. The van der Waals surface area contributed by atoms with Crippen LogP contribution in [0, 0.1) is 5.92 Å². The van der Waals surface area contributed by atoms with Crippen LogP contribution >= 0.6 is 24.0 Å². The van der Waals surface area contributed by atoms with E-state index < -0.39 is 0 Å². The Hall–Kier alpha value is -1.46. The van der Waals surface area contributed by atoms with E-state index >= 15 is 0 Å². The predicted molar refractivity (Wildman–Crippen MR) is 140 cm³/mol. The molecule has 0 saturated carbocycles. The molecule has 1 fully saturated rings. The zero-order valence-corrected chi connectivity index (χ0v) is 22.7. The lowest BCUT2D eigenvalue weighted by Gasteiger charge is -2.36. The highest BCUT2D eigenvalue weighted by molar-refractivity contribution is 14.0. The van der Waals surface area contributed by atoms with Crippen molar-refractivity contribution in [3.05, 3.63) is 17.7 Å². The van der Waals surface area contributed by atoms with Gasteiger partial charge in [-0.2, -0.15) is 0 Å². The van der Waals surface area contributed by atoms with Crippen molar-refractivity contribution < 1.29 is 18.9 Å². The molecule has 184 valence electrons. The van der Waals surface area contributed by atoms with Crippen LogP contribution in [0.4, 0.5) is 0 Å². The summed E-state index contributed by atoms with van der Waals surface area (Å²) in [7, 11) is 4.96. The summed E-state index contributed by atoms with van der Waals surface area (Å²) in [6, 6.07) is 4.17. The van der Waals surface area contributed by atoms with Gasteiger partial charge < -0.3 is 29.6 Å². The van der Waals surface area contributed by atoms with Gasteiger partial charge in [0.1, 0.15) is 17.2 Å². The zero-order valence-electron chi connectivity index (χ0n) is 20.4. The summed E-state index contributed by atoms with van der Waals surface area (Å²) >= 11 is 0. The predicted octanol–water partition coefficient (Wildman–Crippen LogP) is 2.78. The molecule has 2 rings (SSSR count). The average molecular weight is 565 g/mol. The number of guanidine groups is 1. The average Bonchev–Trinajstić information content (AvgIpc) is 2.79. The van der Waals surface area contributed by atoms with Crippen LogP contribution in [0.2, 0.25) is 0 Å². The maximum Gasteiger partial charge on any atom is 0.191 e. The van der Waals surface area contributed by atoms with Crippen molar-refractivity contribution >= 4 is 29.9 Å². The molecule has 1 aromatic rings. The first kappa shape index (κ1) is 28.6. The second-order valence-electron chi connectivity index (χ2n) is 7.87. The molecular weight excluding hydrogens is 523 g/mol. The normalized spacial score (nSPS) is 15.7. The van der Waals surface area contributed by atoms with Crippen LogP contribution in [0.3, 0.4) is 0 Å². The maximum atomic E-state index is 5.56. The van der Waals surface area contributed by atoms with Crippen molar-refractivity contribution in [2.24, 2.45) is 10.9 Å². The molecule has 1 atom stereocenters. The van der Waals surface area contributed by atoms with E-state index in [9.17, 15) is 0 Å².